The van der Waals surface area contributed by atoms with Crippen molar-refractivity contribution >= 4 is 75.7 Å². The first-order chi connectivity index (χ1) is 22.5. The van der Waals surface area contributed by atoms with Gasteiger partial charge in [-0.05, 0) is 78.7 Å². The quantitative estimate of drug-likeness (QED) is 0.0731. The topological polar surface area (TPSA) is 129 Å². The molecule has 0 spiro atoms. The fourth-order valence-electron chi connectivity index (χ4n) is 4.26. The number of thiol groups is 1. The molecule has 0 aliphatic carbocycles. The number of aromatic nitrogens is 4. The second kappa shape index (κ2) is 19.6. The fourth-order valence-corrected chi connectivity index (χ4v) is 5.25. The number of amides is 1. The Bertz CT molecular complexity index is 1720. The van der Waals surface area contributed by atoms with Crippen molar-refractivity contribution in [2.75, 3.05) is 26.1 Å². The summed E-state index contributed by atoms with van der Waals surface area (Å²) in [6.07, 6.45) is 3.98. The highest BCUT2D eigenvalue weighted by Crippen LogP contribution is 2.37. The van der Waals surface area contributed by atoms with Gasteiger partial charge in [-0.15, -0.1) is 21.1 Å². The Labute approximate surface area is 296 Å². The highest BCUT2D eigenvalue weighted by molar-refractivity contribution is 14.2. The van der Waals surface area contributed by atoms with E-state index in [9.17, 15) is 14.3 Å². The second-order valence-electron chi connectivity index (χ2n) is 10.5. The number of pyridine rings is 1. The molecule has 254 valence electrons. The molecule has 2 aromatic carbocycles. The van der Waals surface area contributed by atoms with Crippen molar-refractivity contribution in [2.24, 2.45) is 0 Å². The highest BCUT2D eigenvalue weighted by Gasteiger charge is 2.17. The molecular formula is C33H41FIN5O5S2. The number of hydrogen-bond donors (Lipinski definition) is 3. The average molecular weight is 798 g/mol. The zero-order chi connectivity index (χ0) is 35.1. The molecule has 5 aromatic rings. The first-order valence-electron chi connectivity index (χ1n) is 14.6. The van der Waals surface area contributed by atoms with Crippen LogP contribution in [0.15, 0.2) is 48.8 Å². The number of carbonyl (C=O) groups is 1. The van der Waals surface area contributed by atoms with Gasteiger partial charge in [0, 0.05) is 36.9 Å². The first kappa shape index (κ1) is 40.0. The molecule has 0 aliphatic rings. The normalized spacial score (nSPS) is 11.2. The van der Waals surface area contributed by atoms with Crippen molar-refractivity contribution < 1.29 is 28.5 Å². The maximum atomic E-state index is 14.5. The molecule has 2 N–H and O–H groups in total. The minimum Gasteiger partial charge on any atom is -0.485 e. The summed E-state index contributed by atoms with van der Waals surface area (Å²) >= 11 is 3.30. The molecule has 47 heavy (non-hydrogen) atoms. The number of thiazole rings is 1. The maximum Gasteiger partial charge on any atom is 0.232 e. The zero-order valence-corrected chi connectivity index (χ0v) is 31.5. The molecule has 1 atom stereocenters. The van der Waals surface area contributed by atoms with Crippen molar-refractivity contribution in [1.29, 1.82) is 0 Å². The number of fused-ring (bicyclic) bond motifs is 2. The van der Waals surface area contributed by atoms with Gasteiger partial charge in [-0.1, -0.05) is 13.8 Å². The smallest absolute Gasteiger partial charge is 0.232 e. The molecule has 14 heteroatoms. The summed E-state index contributed by atoms with van der Waals surface area (Å²) in [6.45, 7) is 11.7. The number of hydrogen-bond acceptors (Lipinski definition) is 11. The summed E-state index contributed by atoms with van der Waals surface area (Å²) in [4.78, 5) is 27.8. The predicted molar refractivity (Wildman–Crippen MR) is 200 cm³/mol. The van der Waals surface area contributed by atoms with E-state index < -0.39 is 11.4 Å². The van der Waals surface area contributed by atoms with Gasteiger partial charge in [0.1, 0.15) is 11.1 Å². The molecule has 0 fully saturated rings. The Hall–Kier alpha value is -3.18. The van der Waals surface area contributed by atoms with E-state index in [4.69, 9.17) is 14.2 Å². The molecule has 0 saturated heterocycles. The number of anilines is 1. The van der Waals surface area contributed by atoms with Gasteiger partial charge in [0.05, 0.1) is 58.6 Å². The van der Waals surface area contributed by atoms with Crippen molar-refractivity contribution in [1.82, 2.24) is 19.9 Å². The molecule has 3 aromatic heterocycles. The van der Waals surface area contributed by atoms with E-state index in [1.807, 2.05) is 61.0 Å². The SMILES string of the molecule is CC.CC(C)(O)Cc1ccc(NC=O)cn1.COCC(C)Oc1cc2sc(-c3cc(C)cc4nc(OC)cnc34)nc2cc1F.SI. The Morgan fingerprint density at radius 1 is 1.09 bits per heavy atom. The van der Waals surface area contributed by atoms with Crippen LogP contribution in [0, 0.1) is 12.7 Å². The maximum absolute atomic E-state index is 14.5. The lowest BCUT2D eigenvalue weighted by molar-refractivity contribution is -0.105. The summed E-state index contributed by atoms with van der Waals surface area (Å²) in [5, 5.41) is 12.8. The van der Waals surface area contributed by atoms with E-state index in [1.54, 1.807) is 58.7 Å². The zero-order valence-electron chi connectivity index (χ0n) is 27.7. The van der Waals surface area contributed by atoms with Crippen LogP contribution in [0.2, 0.25) is 0 Å². The third-order valence-electron chi connectivity index (χ3n) is 6.04. The number of nitrogens with one attached hydrogen (secondary N) is 1. The van der Waals surface area contributed by atoms with Crippen molar-refractivity contribution in [3.05, 3.63) is 65.9 Å². The van der Waals surface area contributed by atoms with E-state index in [0.29, 0.717) is 36.5 Å². The number of aliphatic hydroxyl groups is 1. The van der Waals surface area contributed by atoms with Crippen molar-refractivity contribution in [3.63, 3.8) is 0 Å². The standard InChI is InChI=1S/C21H20FN3O3S.C10H14N2O2.C2H6.HIS/c1-11-5-13(20-16(6-11)24-19(27-4)9-23-20)21-25-15-7-14(22)17(8-18(15)29-21)28-12(2)10-26-3;1-10(2,14)5-8-3-4-9(6-11-8)12-7-13;2*1-2/h5-9,12H,10H2,1-4H3;3-4,6-7,14H,5H2,1-2H3,(H,12,13);1-2H3;2H. The van der Waals surface area contributed by atoms with Crippen molar-refractivity contribution in [2.45, 2.75) is 59.7 Å². The molecule has 10 nitrogen and oxygen atoms in total. The molecule has 5 rings (SSSR count). The number of carbonyl (C=O) groups excluding carboxylic acids is 1. The average Bonchev–Trinajstić information content (AvgIpc) is 3.45. The summed E-state index contributed by atoms with van der Waals surface area (Å²) in [6, 6.07) is 10.6. The van der Waals surface area contributed by atoms with E-state index in [0.717, 1.165) is 37.6 Å². The van der Waals surface area contributed by atoms with E-state index >= 15 is 0 Å². The highest BCUT2D eigenvalue weighted by atomic mass is 127. The summed E-state index contributed by atoms with van der Waals surface area (Å²) in [7, 11) is 6.64. The largest absolute Gasteiger partial charge is 0.485 e. The number of ether oxygens (including phenoxy) is 3. The van der Waals surface area contributed by atoms with Crippen LogP contribution in [-0.4, -0.2) is 64.0 Å². The minimum absolute atomic E-state index is 0.191. The lowest BCUT2D eigenvalue weighted by Gasteiger charge is -2.16. The molecule has 0 saturated carbocycles. The van der Waals surface area contributed by atoms with Gasteiger partial charge in [-0.2, -0.15) is 0 Å². The first-order valence-corrected chi connectivity index (χ1v) is 18.7. The van der Waals surface area contributed by atoms with E-state index in [1.165, 1.54) is 17.4 Å². The molecule has 3 heterocycles. The monoisotopic (exact) mass is 797 g/mol. The molecule has 0 radical (unpaired) electrons. The van der Waals surface area contributed by atoms with Crippen LogP contribution >= 0.6 is 42.3 Å². The fraction of sp³-hybridized carbons (Fsp3) is 0.364. The van der Waals surface area contributed by atoms with Crippen LogP contribution in [-0.2, 0) is 16.0 Å². The summed E-state index contributed by atoms with van der Waals surface area (Å²) in [5.41, 5.74) is 4.60. The van der Waals surface area contributed by atoms with E-state index in [2.05, 4.69) is 35.1 Å². The molecule has 1 unspecified atom stereocenters. The number of methoxy groups -OCH3 is 2. The number of rotatable bonds is 10. The molecule has 1 amide bonds. The Morgan fingerprint density at radius 3 is 2.40 bits per heavy atom. The van der Waals surface area contributed by atoms with Gasteiger partial charge in [0.25, 0.3) is 0 Å². The molecule has 0 aliphatic heterocycles. The Balaban J connectivity index is 0.000000359. The molecular weight excluding hydrogens is 756 g/mol. The van der Waals surface area contributed by atoms with Gasteiger partial charge >= 0.3 is 0 Å². The van der Waals surface area contributed by atoms with Gasteiger partial charge < -0.3 is 24.6 Å². The molecule has 0 bridgehead atoms. The third-order valence-corrected chi connectivity index (χ3v) is 7.10. The number of aryl methyl sites for hydroxylation is 1. The van der Waals surface area contributed by atoms with Crippen LogP contribution in [0.5, 0.6) is 11.6 Å². The number of halogens is 2. The van der Waals surface area contributed by atoms with Crippen LogP contribution in [0.25, 0.3) is 31.8 Å². The lowest BCUT2D eigenvalue weighted by Crippen LogP contribution is -2.22. The lowest BCUT2D eigenvalue weighted by atomic mass is 10.0. The number of benzene rings is 2. The Morgan fingerprint density at radius 2 is 1.81 bits per heavy atom. The Kier molecular flexibility index (Phi) is 16.7. The predicted octanol–water partition coefficient (Wildman–Crippen LogP) is 8.03. The van der Waals surface area contributed by atoms with Gasteiger partial charge in [0.2, 0.25) is 12.3 Å². The minimum atomic E-state index is -0.757. The summed E-state index contributed by atoms with van der Waals surface area (Å²) in [5.74, 6) is 0.194. The van der Waals surface area contributed by atoms with Crippen LogP contribution in [0.4, 0.5) is 10.1 Å². The van der Waals surface area contributed by atoms with Crippen LogP contribution < -0.4 is 14.8 Å². The van der Waals surface area contributed by atoms with Gasteiger partial charge in [0.15, 0.2) is 11.6 Å². The summed E-state index contributed by atoms with van der Waals surface area (Å²) < 4.78 is 31.2. The van der Waals surface area contributed by atoms with Gasteiger partial charge in [-0.25, -0.2) is 19.3 Å². The van der Waals surface area contributed by atoms with Crippen LogP contribution in [0.3, 0.4) is 0 Å². The third kappa shape index (κ3) is 12.1. The van der Waals surface area contributed by atoms with Crippen LogP contribution in [0.1, 0.15) is 45.9 Å². The van der Waals surface area contributed by atoms with Gasteiger partial charge in [-0.3, -0.25) is 9.78 Å². The number of nitrogens with zero attached hydrogens (tertiary/aromatic N) is 4. The van der Waals surface area contributed by atoms with E-state index in [-0.39, 0.29) is 11.9 Å². The van der Waals surface area contributed by atoms with Crippen molar-refractivity contribution in [3.8, 4) is 22.2 Å². The second-order valence-corrected chi connectivity index (χ2v) is 11.6.